The molecule has 2 heterocycles. The lowest BCUT2D eigenvalue weighted by molar-refractivity contribution is 0.0401. The highest BCUT2D eigenvalue weighted by atomic mass is 16.6. The van der Waals surface area contributed by atoms with Crippen molar-refractivity contribution in [2.75, 3.05) is 33.5 Å². The van der Waals surface area contributed by atoms with Gasteiger partial charge < -0.3 is 24.3 Å². The minimum Gasteiger partial charge on any atom is -0.486 e. The average Bonchev–Trinajstić information content (AvgIpc) is 3.08. The van der Waals surface area contributed by atoms with E-state index in [9.17, 15) is 4.79 Å². The molecule has 1 aromatic carbocycles. The number of benzene rings is 1. The maximum Gasteiger partial charge on any atom is 0.255 e. The van der Waals surface area contributed by atoms with Crippen molar-refractivity contribution in [3.05, 3.63) is 23.8 Å². The predicted octanol–water partition coefficient (Wildman–Crippen LogP) is 1.38. The minimum atomic E-state index is -0.195. The van der Waals surface area contributed by atoms with Crippen LogP contribution < -0.4 is 14.8 Å². The third-order valence-electron chi connectivity index (χ3n) is 3.89. The van der Waals surface area contributed by atoms with Gasteiger partial charge in [-0.15, -0.1) is 0 Å². The van der Waals surface area contributed by atoms with E-state index in [2.05, 4.69) is 5.32 Å². The fourth-order valence-electron chi connectivity index (χ4n) is 2.84. The number of hydrogen-bond acceptors (Lipinski definition) is 5. The lowest BCUT2D eigenvalue weighted by Gasteiger charge is -2.25. The van der Waals surface area contributed by atoms with Gasteiger partial charge in [0.1, 0.15) is 13.2 Å². The zero-order valence-corrected chi connectivity index (χ0v) is 12.7. The molecule has 2 aliphatic heterocycles. The molecular formula is C16H21NO5. The summed E-state index contributed by atoms with van der Waals surface area (Å²) >= 11 is 0. The average molecular weight is 307 g/mol. The number of rotatable bonds is 5. The molecule has 0 aromatic heterocycles. The van der Waals surface area contributed by atoms with Crippen molar-refractivity contribution in [3.63, 3.8) is 0 Å². The van der Waals surface area contributed by atoms with Gasteiger partial charge in [0, 0.05) is 13.7 Å². The predicted molar refractivity (Wildman–Crippen MR) is 79.5 cm³/mol. The molecule has 6 nitrogen and oxygen atoms in total. The van der Waals surface area contributed by atoms with Crippen LogP contribution in [0, 0.1) is 0 Å². The fourth-order valence-corrected chi connectivity index (χ4v) is 2.84. The number of carbonyl (C=O) groups is 1. The maximum absolute atomic E-state index is 12.6. The Morgan fingerprint density at radius 2 is 2.23 bits per heavy atom. The highest BCUT2D eigenvalue weighted by molar-refractivity contribution is 5.98. The Balaban J connectivity index is 1.75. The highest BCUT2D eigenvalue weighted by Crippen LogP contribution is 2.33. The number of ether oxygens (including phenoxy) is 4. The first-order valence-electron chi connectivity index (χ1n) is 7.59. The summed E-state index contributed by atoms with van der Waals surface area (Å²) in [5.41, 5.74) is 0.483. The van der Waals surface area contributed by atoms with E-state index >= 15 is 0 Å². The Morgan fingerprint density at radius 1 is 1.36 bits per heavy atom. The summed E-state index contributed by atoms with van der Waals surface area (Å²) in [4.78, 5) is 12.6. The van der Waals surface area contributed by atoms with Gasteiger partial charge in [-0.25, -0.2) is 0 Å². The summed E-state index contributed by atoms with van der Waals surface area (Å²) in [7, 11) is 1.62. The third kappa shape index (κ3) is 3.18. The lowest BCUT2D eigenvalue weighted by Crippen LogP contribution is -2.46. The maximum atomic E-state index is 12.6. The van der Waals surface area contributed by atoms with E-state index in [1.54, 1.807) is 25.3 Å². The van der Waals surface area contributed by atoms with E-state index in [1.807, 2.05) is 0 Å². The third-order valence-corrected chi connectivity index (χ3v) is 3.89. The number of hydrogen-bond donors (Lipinski definition) is 1. The van der Waals surface area contributed by atoms with Crippen LogP contribution in [0.4, 0.5) is 0 Å². The van der Waals surface area contributed by atoms with Gasteiger partial charge in [-0.1, -0.05) is 6.07 Å². The van der Waals surface area contributed by atoms with Gasteiger partial charge in [-0.3, -0.25) is 4.79 Å². The molecule has 3 rings (SSSR count). The topological polar surface area (TPSA) is 66.0 Å². The van der Waals surface area contributed by atoms with Crippen LogP contribution in [-0.4, -0.2) is 51.6 Å². The number of para-hydroxylation sites is 1. The first-order chi connectivity index (χ1) is 10.8. The smallest absolute Gasteiger partial charge is 0.255 e. The van der Waals surface area contributed by atoms with Gasteiger partial charge in [-0.05, 0) is 25.0 Å². The van der Waals surface area contributed by atoms with Gasteiger partial charge in [-0.2, -0.15) is 0 Å². The molecule has 22 heavy (non-hydrogen) atoms. The van der Waals surface area contributed by atoms with Crippen LogP contribution in [0.3, 0.4) is 0 Å². The van der Waals surface area contributed by atoms with Crippen molar-refractivity contribution < 1.29 is 23.7 Å². The van der Waals surface area contributed by atoms with Crippen molar-refractivity contribution in [1.29, 1.82) is 0 Å². The van der Waals surface area contributed by atoms with Crippen LogP contribution >= 0.6 is 0 Å². The largest absolute Gasteiger partial charge is 0.486 e. The molecule has 1 aromatic rings. The van der Waals surface area contributed by atoms with Crippen LogP contribution in [0.2, 0.25) is 0 Å². The Hall–Kier alpha value is -1.79. The minimum absolute atomic E-state index is 0.000562. The second kappa shape index (κ2) is 6.98. The first-order valence-corrected chi connectivity index (χ1v) is 7.59. The first kappa shape index (κ1) is 15.1. The van der Waals surface area contributed by atoms with E-state index in [4.69, 9.17) is 18.9 Å². The summed E-state index contributed by atoms with van der Waals surface area (Å²) in [5.74, 6) is 0.925. The summed E-state index contributed by atoms with van der Waals surface area (Å²) in [6.07, 6.45) is 1.94. The molecule has 6 heteroatoms. The van der Waals surface area contributed by atoms with Crippen LogP contribution in [0.1, 0.15) is 23.2 Å². The molecule has 0 spiro atoms. The van der Waals surface area contributed by atoms with E-state index < -0.39 is 0 Å². The SMILES string of the molecule is COC[C@@H](NC(=O)c1cccc2c1OCCO2)[C@H]1CCCO1. The van der Waals surface area contributed by atoms with Crippen molar-refractivity contribution in [1.82, 2.24) is 5.32 Å². The van der Waals surface area contributed by atoms with Crippen LogP contribution in [0.15, 0.2) is 18.2 Å². The molecule has 1 amide bonds. The Kier molecular flexibility index (Phi) is 4.80. The van der Waals surface area contributed by atoms with E-state index in [1.165, 1.54) is 0 Å². The Labute approximate surface area is 129 Å². The van der Waals surface area contributed by atoms with Crippen LogP contribution in [0.5, 0.6) is 11.5 Å². The highest BCUT2D eigenvalue weighted by Gasteiger charge is 2.29. The zero-order chi connectivity index (χ0) is 15.4. The summed E-state index contributed by atoms with van der Waals surface area (Å²) in [5, 5.41) is 3.00. The summed E-state index contributed by atoms with van der Waals surface area (Å²) in [6, 6.07) is 5.17. The monoisotopic (exact) mass is 307 g/mol. The second-order valence-electron chi connectivity index (χ2n) is 5.42. The van der Waals surface area contributed by atoms with Crippen LogP contribution in [0.25, 0.3) is 0 Å². The van der Waals surface area contributed by atoms with Gasteiger partial charge in [0.2, 0.25) is 0 Å². The zero-order valence-electron chi connectivity index (χ0n) is 12.7. The van der Waals surface area contributed by atoms with Gasteiger partial charge in [0.05, 0.1) is 24.3 Å². The molecule has 0 unspecified atom stereocenters. The number of amides is 1. The van der Waals surface area contributed by atoms with Gasteiger partial charge >= 0.3 is 0 Å². The Bertz CT molecular complexity index is 527. The summed E-state index contributed by atoms with van der Waals surface area (Å²) in [6.45, 7) is 2.10. The number of methoxy groups -OCH3 is 1. The van der Waals surface area contributed by atoms with Gasteiger partial charge in [0.15, 0.2) is 11.5 Å². The number of fused-ring (bicyclic) bond motifs is 1. The number of carbonyl (C=O) groups excluding carboxylic acids is 1. The molecule has 0 bridgehead atoms. The Morgan fingerprint density at radius 3 is 3.00 bits per heavy atom. The van der Waals surface area contributed by atoms with Crippen molar-refractivity contribution in [2.24, 2.45) is 0 Å². The molecule has 0 saturated carbocycles. The standard InChI is InChI=1S/C16H21NO5/c1-19-10-12(13-6-3-7-20-13)17-16(18)11-4-2-5-14-15(11)22-9-8-21-14/h2,4-5,12-13H,3,6-10H2,1H3,(H,17,18)/t12-,13-/m1/s1. The molecule has 2 atom stereocenters. The van der Waals surface area contributed by atoms with E-state index in [0.29, 0.717) is 36.9 Å². The molecule has 2 aliphatic rings. The van der Waals surface area contributed by atoms with Crippen LogP contribution in [-0.2, 0) is 9.47 Å². The van der Waals surface area contributed by atoms with Gasteiger partial charge in [0.25, 0.3) is 5.91 Å². The van der Waals surface area contributed by atoms with E-state index in [0.717, 1.165) is 19.4 Å². The second-order valence-corrected chi connectivity index (χ2v) is 5.42. The molecule has 0 aliphatic carbocycles. The number of nitrogens with one attached hydrogen (secondary N) is 1. The normalized spacial score (nSPS) is 21.4. The lowest BCUT2D eigenvalue weighted by atomic mass is 10.1. The molecule has 0 radical (unpaired) electrons. The molecular weight excluding hydrogens is 286 g/mol. The van der Waals surface area contributed by atoms with Crippen molar-refractivity contribution in [2.45, 2.75) is 25.0 Å². The fraction of sp³-hybridized carbons (Fsp3) is 0.562. The quantitative estimate of drug-likeness (QED) is 0.890. The molecule has 1 saturated heterocycles. The molecule has 1 N–H and O–H groups in total. The van der Waals surface area contributed by atoms with E-state index in [-0.39, 0.29) is 18.1 Å². The van der Waals surface area contributed by atoms with Crippen molar-refractivity contribution >= 4 is 5.91 Å². The summed E-state index contributed by atoms with van der Waals surface area (Å²) < 4.78 is 22.0. The molecule has 1 fully saturated rings. The molecule has 120 valence electrons. The van der Waals surface area contributed by atoms with Crippen molar-refractivity contribution in [3.8, 4) is 11.5 Å².